The smallest absolute Gasteiger partial charge is 0.290 e. The van der Waals surface area contributed by atoms with E-state index in [1.807, 2.05) is 0 Å². The first-order valence-electron chi connectivity index (χ1n) is 4.14. The topological polar surface area (TPSA) is 17.1 Å². The lowest BCUT2D eigenvalue weighted by atomic mass is 10.1. The van der Waals surface area contributed by atoms with Crippen LogP contribution in [0.2, 0.25) is 0 Å². The summed E-state index contributed by atoms with van der Waals surface area (Å²) in [6.07, 6.45) is -8.58. The maximum atomic E-state index is 12.6. The molecule has 15 heavy (non-hydrogen) atoms. The van der Waals surface area contributed by atoms with Gasteiger partial charge in [0.15, 0.2) is 0 Å². The highest BCUT2D eigenvalue weighted by Crippen LogP contribution is 2.25. The van der Waals surface area contributed by atoms with Crippen molar-refractivity contribution in [1.82, 2.24) is 0 Å². The number of rotatable bonds is 2. The monoisotopic (exact) mass is 220 g/mol. The normalized spacial score (nSPS) is 13.7. The van der Waals surface area contributed by atoms with Gasteiger partial charge in [-0.3, -0.25) is 4.79 Å². The zero-order valence-corrected chi connectivity index (χ0v) is 7.81. The third kappa shape index (κ3) is 2.78. The first-order valence-corrected chi connectivity index (χ1v) is 4.14. The molecule has 1 atom stereocenters. The van der Waals surface area contributed by atoms with Crippen LogP contribution in [0.15, 0.2) is 24.3 Å². The van der Waals surface area contributed by atoms with Crippen molar-refractivity contribution in [2.45, 2.75) is 19.3 Å². The van der Waals surface area contributed by atoms with E-state index in [2.05, 4.69) is 0 Å². The van der Waals surface area contributed by atoms with Crippen LogP contribution in [0, 0.1) is 6.92 Å². The Hall–Kier alpha value is -1.39. The van der Waals surface area contributed by atoms with E-state index in [0.717, 1.165) is 5.56 Å². The zero-order valence-electron chi connectivity index (χ0n) is 7.81. The van der Waals surface area contributed by atoms with E-state index in [1.165, 1.54) is 24.3 Å². The maximum absolute atomic E-state index is 12.6. The molecular weight excluding hydrogens is 212 g/mol. The summed E-state index contributed by atoms with van der Waals surface area (Å²) in [4.78, 5) is 11.0. The largest absolute Gasteiger partial charge is 0.427 e. The Morgan fingerprint density at radius 3 is 2.07 bits per heavy atom. The van der Waals surface area contributed by atoms with Crippen molar-refractivity contribution in [3.63, 3.8) is 0 Å². The molecule has 1 rings (SSSR count). The quantitative estimate of drug-likeness (QED) is 0.553. The van der Waals surface area contributed by atoms with Crippen LogP contribution in [-0.2, 0) is 0 Å². The Morgan fingerprint density at radius 2 is 1.67 bits per heavy atom. The number of ketones is 1. The fraction of sp³-hybridized carbons (Fsp3) is 0.300. The van der Waals surface area contributed by atoms with Crippen molar-refractivity contribution >= 4 is 5.78 Å². The van der Waals surface area contributed by atoms with Gasteiger partial charge >= 0.3 is 6.18 Å². The number of aryl methyl sites for hydroxylation is 1. The first kappa shape index (κ1) is 11.7. The summed E-state index contributed by atoms with van der Waals surface area (Å²) in [6.45, 7) is 1.71. The van der Waals surface area contributed by atoms with Crippen LogP contribution in [-0.4, -0.2) is 18.1 Å². The van der Waals surface area contributed by atoms with Crippen LogP contribution in [0.4, 0.5) is 17.6 Å². The van der Waals surface area contributed by atoms with Crippen LogP contribution >= 0.6 is 0 Å². The fourth-order valence-corrected chi connectivity index (χ4v) is 1.01. The molecule has 0 spiro atoms. The molecule has 0 N–H and O–H groups in total. The molecule has 1 aromatic carbocycles. The molecule has 0 amide bonds. The molecule has 0 bridgehead atoms. The van der Waals surface area contributed by atoms with Crippen LogP contribution in [0.5, 0.6) is 0 Å². The van der Waals surface area contributed by atoms with Gasteiger partial charge in [-0.15, -0.1) is 0 Å². The Kier molecular flexibility index (Phi) is 3.12. The van der Waals surface area contributed by atoms with Crippen molar-refractivity contribution < 1.29 is 22.4 Å². The molecule has 0 saturated heterocycles. The number of alkyl halides is 4. The molecule has 1 aromatic rings. The average molecular weight is 220 g/mol. The highest BCUT2D eigenvalue weighted by Gasteiger charge is 2.45. The van der Waals surface area contributed by atoms with E-state index in [1.54, 1.807) is 6.92 Å². The molecule has 0 aliphatic carbocycles. The lowest BCUT2D eigenvalue weighted by Crippen LogP contribution is -2.32. The number of Topliss-reactive ketones (excluding diaryl/α,β-unsaturated/α-hetero) is 1. The Bertz CT molecular complexity index is 353. The third-order valence-electron chi connectivity index (χ3n) is 1.85. The van der Waals surface area contributed by atoms with Crippen LogP contribution in [0.1, 0.15) is 15.9 Å². The predicted octanol–water partition coefficient (Wildman–Crippen LogP) is 3.08. The minimum atomic E-state index is -5.14. The second kappa shape index (κ2) is 4.00. The van der Waals surface area contributed by atoms with Gasteiger partial charge in [0.2, 0.25) is 5.78 Å². The predicted molar refractivity (Wildman–Crippen MR) is 46.5 cm³/mol. The van der Waals surface area contributed by atoms with Gasteiger partial charge in [-0.25, -0.2) is 4.39 Å². The van der Waals surface area contributed by atoms with E-state index in [9.17, 15) is 22.4 Å². The number of hydrogen-bond acceptors (Lipinski definition) is 1. The molecule has 0 saturated carbocycles. The molecule has 0 aliphatic rings. The third-order valence-corrected chi connectivity index (χ3v) is 1.85. The van der Waals surface area contributed by atoms with Crippen molar-refractivity contribution in [2.24, 2.45) is 0 Å². The maximum Gasteiger partial charge on any atom is 0.427 e. The van der Waals surface area contributed by atoms with Crippen LogP contribution < -0.4 is 0 Å². The molecule has 1 nitrogen and oxygen atoms in total. The van der Waals surface area contributed by atoms with E-state index >= 15 is 0 Å². The van der Waals surface area contributed by atoms with Gasteiger partial charge in [0, 0.05) is 5.56 Å². The summed E-state index contributed by atoms with van der Waals surface area (Å²) >= 11 is 0. The summed E-state index contributed by atoms with van der Waals surface area (Å²) in [6, 6.07) is 5.26. The molecule has 0 fully saturated rings. The molecule has 82 valence electrons. The Labute approximate surface area is 83.7 Å². The van der Waals surface area contributed by atoms with Crippen LogP contribution in [0.3, 0.4) is 0 Å². The molecule has 5 heteroatoms. The lowest BCUT2D eigenvalue weighted by molar-refractivity contribution is -0.165. The SMILES string of the molecule is Cc1ccc(C(=O)C(F)C(F)(F)F)cc1. The van der Waals surface area contributed by atoms with Gasteiger partial charge in [0.1, 0.15) is 0 Å². The number of carbonyl (C=O) groups excluding carboxylic acids is 1. The van der Waals surface area contributed by atoms with Gasteiger partial charge < -0.3 is 0 Å². The first-order chi connectivity index (χ1) is 6.82. The van der Waals surface area contributed by atoms with Gasteiger partial charge in [0.25, 0.3) is 6.17 Å². The number of halogens is 4. The molecule has 0 aliphatic heterocycles. The van der Waals surface area contributed by atoms with Gasteiger partial charge in [-0.2, -0.15) is 13.2 Å². The fourth-order valence-electron chi connectivity index (χ4n) is 1.01. The summed E-state index contributed by atoms with van der Waals surface area (Å²) in [5, 5.41) is 0. The number of benzene rings is 1. The van der Waals surface area contributed by atoms with Gasteiger partial charge in [0.05, 0.1) is 0 Å². The molecule has 0 heterocycles. The minimum Gasteiger partial charge on any atom is -0.290 e. The second-order valence-electron chi connectivity index (χ2n) is 3.13. The summed E-state index contributed by atoms with van der Waals surface area (Å²) in [7, 11) is 0. The van der Waals surface area contributed by atoms with E-state index < -0.39 is 18.1 Å². The van der Waals surface area contributed by atoms with E-state index in [0.29, 0.717) is 0 Å². The second-order valence-corrected chi connectivity index (χ2v) is 3.13. The van der Waals surface area contributed by atoms with Crippen molar-refractivity contribution in [3.8, 4) is 0 Å². The lowest BCUT2D eigenvalue weighted by Gasteiger charge is -2.10. The molecule has 0 radical (unpaired) electrons. The van der Waals surface area contributed by atoms with E-state index in [4.69, 9.17) is 0 Å². The number of hydrogen-bond donors (Lipinski definition) is 0. The summed E-state index contributed by atoms with van der Waals surface area (Å²) in [5.41, 5.74) is 0.513. The average Bonchev–Trinajstić information content (AvgIpc) is 2.15. The standard InChI is InChI=1S/C10H8F4O/c1-6-2-4-7(5-3-6)8(15)9(11)10(12,13)14/h2-5,9H,1H3. The van der Waals surface area contributed by atoms with Crippen molar-refractivity contribution in [2.75, 3.05) is 0 Å². The molecular formula is C10H8F4O. The molecule has 1 unspecified atom stereocenters. The van der Waals surface area contributed by atoms with Crippen LogP contribution in [0.25, 0.3) is 0 Å². The van der Waals surface area contributed by atoms with Gasteiger partial charge in [-0.1, -0.05) is 29.8 Å². The Balaban J connectivity index is 2.90. The highest BCUT2D eigenvalue weighted by molar-refractivity contribution is 5.99. The zero-order chi connectivity index (χ0) is 11.6. The Morgan fingerprint density at radius 1 is 1.20 bits per heavy atom. The highest BCUT2D eigenvalue weighted by atomic mass is 19.4. The summed E-state index contributed by atoms with van der Waals surface area (Å²) in [5.74, 6) is -1.55. The van der Waals surface area contributed by atoms with E-state index in [-0.39, 0.29) is 5.56 Å². The van der Waals surface area contributed by atoms with Crippen molar-refractivity contribution in [3.05, 3.63) is 35.4 Å². The molecule has 0 aromatic heterocycles. The number of carbonyl (C=O) groups is 1. The summed E-state index contributed by atoms with van der Waals surface area (Å²) < 4.78 is 48.2. The minimum absolute atomic E-state index is 0.273. The van der Waals surface area contributed by atoms with Crippen molar-refractivity contribution in [1.29, 1.82) is 0 Å². The van der Waals surface area contributed by atoms with Gasteiger partial charge in [-0.05, 0) is 6.92 Å².